The number of rotatable bonds is 9. The number of aliphatic hydroxyl groups excluding tert-OH is 1. The third-order valence-corrected chi connectivity index (χ3v) is 9.59. The molecule has 0 aliphatic carbocycles. The number of halogens is 3. The maximum absolute atomic E-state index is 13.9. The molecule has 1 aliphatic rings. The second kappa shape index (κ2) is 11.4. The number of hydrogen-bond acceptors (Lipinski definition) is 5. The van der Waals surface area contributed by atoms with Crippen molar-refractivity contribution in [2.24, 2.45) is 11.8 Å². The van der Waals surface area contributed by atoms with Gasteiger partial charge in [-0.1, -0.05) is 50.2 Å². The van der Waals surface area contributed by atoms with E-state index in [2.05, 4.69) is 0 Å². The summed E-state index contributed by atoms with van der Waals surface area (Å²) in [5.74, 6) is -0.315. The van der Waals surface area contributed by atoms with E-state index in [4.69, 9.17) is 0 Å². The molecule has 3 rings (SSSR count). The molecule has 0 bridgehead atoms. The number of alkyl halides is 3. The number of hydrogen-bond donors (Lipinski definition) is 1. The minimum absolute atomic E-state index is 0.000159. The molecule has 1 aliphatic heterocycles. The molecule has 12 heteroatoms. The molecule has 1 heterocycles. The quantitative estimate of drug-likeness (QED) is 0.497. The van der Waals surface area contributed by atoms with Crippen molar-refractivity contribution < 1.29 is 35.1 Å². The lowest BCUT2D eigenvalue weighted by Crippen LogP contribution is -2.45. The lowest BCUT2D eigenvalue weighted by Gasteiger charge is -2.35. The van der Waals surface area contributed by atoms with Gasteiger partial charge in [-0.15, -0.1) is 0 Å². The molecule has 0 radical (unpaired) electrons. The molecule has 2 atom stereocenters. The van der Waals surface area contributed by atoms with E-state index < -0.39 is 44.6 Å². The van der Waals surface area contributed by atoms with Gasteiger partial charge in [0.2, 0.25) is 20.0 Å². The van der Waals surface area contributed by atoms with Crippen LogP contribution in [0.5, 0.6) is 0 Å². The highest BCUT2D eigenvalue weighted by atomic mass is 32.2. The summed E-state index contributed by atoms with van der Waals surface area (Å²) in [7, 11) is -7.76. The lowest BCUT2D eigenvalue weighted by atomic mass is 9.90. The summed E-state index contributed by atoms with van der Waals surface area (Å²) in [6, 6.07) is 11.3. The summed E-state index contributed by atoms with van der Waals surface area (Å²) < 4.78 is 94.4. The van der Waals surface area contributed by atoms with Crippen molar-refractivity contribution in [1.82, 2.24) is 8.61 Å². The predicted octanol–water partition coefficient (Wildman–Crippen LogP) is 4.08. The van der Waals surface area contributed by atoms with Crippen molar-refractivity contribution in [3.8, 4) is 0 Å². The van der Waals surface area contributed by atoms with Crippen molar-refractivity contribution in [2.45, 2.75) is 57.0 Å². The Kier molecular flexibility index (Phi) is 9.11. The molecule has 1 N–H and O–H groups in total. The van der Waals surface area contributed by atoms with E-state index in [0.717, 1.165) is 20.9 Å². The van der Waals surface area contributed by atoms with Crippen LogP contribution in [-0.2, 0) is 39.2 Å². The van der Waals surface area contributed by atoms with Gasteiger partial charge in [-0.25, -0.2) is 16.8 Å². The highest BCUT2D eigenvalue weighted by molar-refractivity contribution is 7.89. The fourth-order valence-electron chi connectivity index (χ4n) is 4.72. The first-order valence-electron chi connectivity index (χ1n) is 12.0. The minimum Gasteiger partial charge on any atom is -0.377 e. The fourth-order valence-corrected chi connectivity index (χ4v) is 7.50. The molecule has 0 spiro atoms. The van der Waals surface area contributed by atoms with Crippen LogP contribution in [0.2, 0.25) is 0 Å². The third-order valence-electron chi connectivity index (χ3n) is 6.40. The molecule has 7 nitrogen and oxygen atoms in total. The fraction of sp³-hybridized carbons (Fsp3) is 0.520. The van der Waals surface area contributed by atoms with Gasteiger partial charge in [-0.2, -0.15) is 21.8 Å². The van der Waals surface area contributed by atoms with Crippen LogP contribution in [0.1, 0.15) is 43.4 Å². The van der Waals surface area contributed by atoms with Crippen LogP contribution < -0.4 is 0 Å². The van der Waals surface area contributed by atoms with E-state index in [1.807, 2.05) is 0 Å². The Hall–Kier alpha value is -1.99. The minimum atomic E-state index is -4.62. The van der Waals surface area contributed by atoms with Crippen LogP contribution >= 0.6 is 0 Å². The largest absolute Gasteiger partial charge is 0.416 e. The Labute approximate surface area is 217 Å². The summed E-state index contributed by atoms with van der Waals surface area (Å²) in [4.78, 5) is 0.000159. The smallest absolute Gasteiger partial charge is 0.377 e. The molecule has 2 aromatic rings. The van der Waals surface area contributed by atoms with E-state index in [9.17, 15) is 35.1 Å². The number of sulfonamides is 2. The van der Waals surface area contributed by atoms with Gasteiger partial charge in [-0.3, -0.25) is 0 Å². The monoisotopic (exact) mass is 562 g/mol. The molecule has 2 unspecified atom stereocenters. The summed E-state index contributed by atoms with van der Waals surface area (Å²) in [6.45, 7) is 3.29. The standard InChI is InChI=1S/C25H33F3N2O5S2/c1-18(2)16-29(17-21-9-4-6-10-22(21)25(26,27)28)37(34,35)23-11-7-5-8-20(23)14-19-12-13-30(24(31)15-19)36(3,32)33/h4-11,18-19,24,31H,12-17H2,1-3H3. The average molecular weight is 563 g/mol. The molecular formula is C25H33F3N2O5S2. The number of benzene rings is 2. The molecule has 2 aromatic carbocycles. The summed E-state index contributed by atoms with van der Waals surface area (Å²) in [5.41, 5.74) is -0.530. The van der Waals surface area contributed by atoms with Crippen molar-refractivity contribution in [2.75, 3.05) is 19.3 Å². The van der Waals surface area contributed by atoms with Crippen molar-refractivity contribution in [3.05, 3.63) is 65.2 Å². The zero-order valence-electron chi connectivity index (χ0n) is 21.0. The average Bonchev–Trinajstić information content (AvgIpc) is 2.77. The Bertz CT molecular complexity index is 1300. The topological polar surface area (TPSA) is 95.0 Å². The van der Waals surface area contributed by atoms with E-state index >= 15 is 0 Å². The van der Waals surface area contributed by atoms with Crippen molar-refractivity contribution in [3.63, 3.8) is 0 Å². The van der Waals surface area contributed by atoms with Gasteiger partial charge in [0.15, 0.2) is 0 Å². The highest BCUT2D eigenvalue weighted by Crippen LogP contribution is 2.34. The second-order valence-corrected chi connectivity index (χ2v) is 13.7. The van der Waals surface area contributed by atoms with Crippen LogP contribution in [-0.4, -0.2) is 56.1 Å². The van der Waals surface area contributed by atoms with Gasteiger partial charge in [0.25, 0.3) is 0 Å². The van der Waals surface area contributed by atoms with Gasteiger partial charge < -0.3 is 5.11 Å². The normalized spacial score (nSPS) is 20.0. The molecule has 1 fully saturated rings. The SMILES string of the molecule is CC(C)CN(Cc1ccccc1C(F)(F)F)S(=O)(=O)c1ccccc1CC1CCN(S(C)(=O)=O)C(O)C1. The van der Waals surface area contributed by atoms with E-state index in [0.29, 0.717) is 12.0 Å². The Morgan fingerprint density at radius 2 is 1.62 bits per heavy atom. The Morgan fingerprint density at radius 3 is 2.19 bits per heavy atom. The van der Waals surface area contributed by atoms with Gasteiger partial charge >= 0.3 is 6.18 Å². The van der Waals surface area contributed by atoms with Gasteiger partial charge in [0.1, 0.15) is 6.23 Å². The molecule has 0 aromatic heterocycles. The van der Waals surface area contributed by atoms with Gasteiger partial charge in [-0.05, 0) is 54.4 Å². The van der Waals surface area contributed by atoms with E-state index in [-0.39, 0.29) is 48.2 Å². The van der Waals surface area contributed by atoms with Crippen LogP contribution in [0.3, 0.4) is 0 Å². The second-order valence-electron chi connectivity index (χ2n) is 9.90. The van der Waals surface area contributed by atoms with Crippen molar-refractivity contribution >= 4 is 20.0 Å². The van der Waals surface area contributed by atoms with Gasteiger partial charge in [0.05, 0.1) is 16.7 Å². The van der Waals surface area contributed by atoms with Crippen molar-refractivity contribution in [1.29, 1.82) is 0 Å². The molecule has 1 saturated heterocycles. The van der Waals surface area contributed by atoms with E-state index in [1.54, 1.807) is 32.0 Å². The lowest BCUT2D eigenvalue weighted by molar-refractivity contribution is -0.138. The van der Waals surface area contributed by atoms with Gasteiger partial charge in [0, 0.05) is 19.6 Å². The van der Waals surface area contributed by atoms with Crippen LogP contribution in [0.15, 0.2) is 53.4 Å². The Morgan fingerprint density at radius 1 is 1.03 bits per heavy atom. The molecule has 0 amide bonds. The maximum Gasteiger partial charge on any atom is 0.416 e. The van der Waals surface area contributed by atoms with Crippen LogP contribution in [0, 0.1) is 11.8 Å². The third kappa shape index (κ3) is 7.32. The van der Waals surface area contributed by atoms with Crippen LogP contribution in [0.25, 0.3) is 0 Å². The first-order chi connectivity index (χ1) is 17.1. The van der Waals surface area contributed by atoms with Crippen LogP contribution in [0.4, 0.5) is 13.2 Å². The Balaban J connectivity index is 1.92. The highest BCUT2D eigenvalue weighted by Gasteiger charge is 2.36. The zero-order valence-corrected chi connectivity index (χ0v) is 22.7. The first-order valence-corrected chi connectivity index (χ1v) is 15.3. The number of nitrogens with zero attached hydrogens (tertiary/aromatic N) is 2. The molecule has 0 saturated carbocycles. The summed E-state index contributed by atoms with van der Waals surface area (Å²) >= 11 is 0. The summed E-state index contributed by atoms with van der Waals surface area (Å²) in [6.07, 6.45) is -3.93. The first kappa shape index (κ1) is 29.6. The molecule has 206 valence electrons. The predicted molar refractivity (Wildman–Crippen MR) is 134 cm³/mol. The molecular weight excluding hydrogens is 529 g/mol. The summed E-state index contributed by atoms with van der Waals surface area (Å²) in [5, 5.41) is 10.4. The molecule has 37 heavy (non-hydrogen) atoms. The maximum atomic E-state index is 13.9. The zero-order chi connectivity index (χ0) is 27.6. The van der Waals surface area contributed by atoms with E-state index in [1.165, 1.54) is 24.3 Å². The number of piperidine rings is 1. The number of aliphatic hydroxyl groups is 1.